The van der Waals surface area contributed by atoms with E-state index >= 15 is 0 Å². The Morgan fingerprint density at radius 1 is 1.14 bits per heavy atom. The van der Waals surface area contributed by atoms with E-state index in [0.29, 0.717) is 46.7 Å². The van der Waals surface area contributed by atoms with Gasteiger partial charge in [-0.15, -0.1) is 0 Å². The van der Waals surface area contributed by atoms with E-state index in [1.807, 2.05) is 24.3 Å². The second-order valence-corrected chi connectivity index (χ2v) is 10.2. The number of nitrogens with zero attached hydrogens (tertiary/aromatic N) is 2. The quantitative estimate of drug-likeness (QED) is 0.343. The molecule has 36 heavy (non-hydrogen) atoms. The third-order valence-electron chi connectivity index (χ3n) is 6.82. The van der Waals surface area contributed by atoms with Crippen LogP contribution in [0.3, 0.4) is 0 Å². The van der Waals surface area contributed by atoms with Crippen molar-refractivity contribution >= 4 is 28.8 Å². The van der Waals surface area contributed by atoms with Crippen LogP contribution in [-0.4, -0.2) is 16.6 Å². The molecule has 184 valence electrons. The van der Waals surface area contributed by atoms with E-state index in [-0.39, 0.29) is 22.8 Å². The van der Waals surface area contributed by atoms with Gasteiger partial charge in [-0.05, 0) is 54.7 Å². The molecule has 0 spiro atoms. The minimum Gasteiger partial charge on any atom is -0.458 e. The number of para-hydroxylation sites is 2. The maximum atomic E-state index is 13.6. The average molecular weight is 486 g/mol. The Morgan fingerprint density at radius 2 is 1.89 bits per heavy atom. The summed E-state index contributed by atoms with van der Waals surface area (Å²) in [5.41, 5.74) is 3.92. The van der Waals surface area contributed by atoms with E-state index in [1.165, 1.54) is 19.1 Å². The number of furan rings is 1. The molecule has 1 amide bonds. The van der Waals surface area contributed by atoms with Gasteiger partial charge in [0, 0.05) is 42.3 Å². The van der Waals surface area contributed by atoms with Gasteiger partial charge in [0.15, 0.2) is 5.78 Å². The number of aryl methyl sites for hydroxylation is 1. The second-order valence-electron chi connectivity index (χ2n) is 10.2. The largest absolute Gasteiger partial charge is 0.458 e. The average Bonchev–Trinajstić information content (AvgIpc) is 3.21. The molecule has 1 aliphatic heterocycles. The van der Waals surface area contributed by atoms with Crippen LogP contribution in [0, 0.1) is 22.5 Å². The number of allylic oxidation sites excluding steroid dienone is 1. The highest BCUT2D eigenvalue weighted by Crippen LogP contribution is 2.49. The first-order valence-corrected chi connectivity index (χ1v) is 11.8. The van der Waals surface area contributed by atoms with Gasteiger partial charge in [0.2, 0.25) is 5.91 Å². The molecule has 0 saturated carbocycles. The van der Waals surface area contributed by atoms with Crippen LogP contribution in [0.2, 0.25) is 0 Å². The number of nitro benzene ring substituents is 1. The fourth-order valence-electron chi connectivity index (χ4n) is 5.29. The van der Waals surface area contributed by atoms with Gasteiger partial charge in [0.1, 0.15) is 17.6 Å². The Balaban J connectivity index is 1.69. The highest BCUT2D eigenvalue weighted by molar-refractivity contribution is 6.05. The molecule has 5 rings (SSSR count). The van der Waals surface area contributed by atoms with Gasteiger partial charge in [-0.3, -0.25) is 24.6 Å². The number of carbonyl (C=O) groups excluding carboxylic acids is 2. The molecule has 1 atom stereocenters. The molecule has 1 N–H and O–H groups in total. The predicted octanol–water partition coefficient (Wildman–Crippen LogP) is 6.33. The first-order valence-electron chi connectivity index (χ1n) is 11.8. The van der Waals surface area contributed by atoms with Gasteiger partial charge in [-0.1, -0.05) is 26.0 Å². The number of rotatable bonds is 3. The number of nitro groups is 1. The van der Waals surface area contributed by atoms with E-state index in [2.05, 4.69) is 19.2 Å². The zero-order chi connectivity index (χ0) is 25.8. The molecular weight excluding hydrogens is 458 g/mol. The summed E-state index contributed by atoms with van der Waals surface area (Å²) in [6, 6.07) is 14.9. The number of amides is 1. The van der Waals surface area contributed by atoms with Crippen molar-refractivity contribution in [2.45, 2.75) is 46.6 Å². The topological polar surface area (TPSA) is 106 Å². The molecule has 2 aromatic carbocycles. The van der Waals surface area contributed by atoms with Crippen LogP contribution in [0.5, 0.6) is 0 Å². The second kappa shape index (κ2) is 8.48. The van der Waals surface area contributed by atoms with Crippen LogP contribution in [0.4, 0.5) is 17.1 Å². The van der Waals surface area contributed by atoms with Crippen molar-refractivity contribution in [3.05, 3.63) is 87.3 Å². The van der Waals surface area contributed by atoms with Crippen LogP contribution in [0.1, 0.15) is 51.0 Å². The summed E-state index contributed by atoms with van der Waals surface area (Å²) in [5.74, 6) is 0.724. The molecule has 1 aliphatic carbocycles. The lowest BCUT2D eigenvalue weighted by molar-refractivity contribution is -0.384. The Bertz CT molecular complexity index is 1450. The fraction of sp³-hybridized carbons (Fsp3) is 0.286. The molecule has 0 fully saturated rings. The number of benzene rings is 2. The SMILES string of the molecule is CC(=O)N1c2ccccc2NC2=C(C(=O)CC(C)(C)C2)C1c1ccc(-c2ccc([N+](=O)[O-])cc2C)o1. The highest BCUT2D eigenvalue weighted by atomic mass is 16.6. The summed E-state index contributed by atoms with van der Waals surface area (Å²) in [4.78, 5) is 39.0. The fourth-order valence-corrected chi connectivity index (χ4v) is 5.29. The van der Waals surface area contributed by atoms with Crippen molar-refractivity contribution in [2.24, 2.45) is 5.41 Å². The van der Waals surface area contributed by atoms with Crippen molar-refractivity contribution in [1.29, 1.82) is 0 Å². The van der Waals surface area contributed by atoms with Crippen LogP contribution >= 0.6 is 0 Å². The van der Waals surface area contributed by atoms with Crippen molar-refractivity contribution in [1.82, 2.24) is 0 Å². The number of fused-ring (bicyclic) bond motifs is 1. The standard InChI is InChI=1S/C28H27N3O5/c1-16-13-18(31(34)35)9-10-19(16)24-11-12-25(36-24)27-26-21(14-28(3,4)15-23(26)33)29-20-7-5-6-8-22(20)30(27)17(2)32/h5-13,27,29H,14-15H2,1-4H3. The van der Waals surface area contributed by atoms with Gasteiger partial charge in [-0.25, -0.2) is 0 Å². The molecule has 3 aromatic rings. The number of ketones is 1. The van der Waals surface area contributed by atoms with Crippen LogP contribution < -0.4 is 10.2 Å². The number of hydrogen-bond donors (Lipinski definition) is 1. The molecular formula is C28H27N3O5. The molecule has 0 saturated heterocycles. The molecule has 0 bridgehead atoms. The smallest absolute Gasteiger partial charge is 0.269 e. The summed E-state index contributed by atoms with van der Waals surface area (Å²) >= 11 is 0. The van der Waals surface area contributed by atoms with Gasteiger partial charge in [0.05, 0.1) is 16.3 Å². The van der Waals surface area contributed by atoms with E-state index in [1.54, 1.807) is 30.0 Å². The third kappa shape index (κ3) is 3.98. The summed E-state index contributed by atoms with van der Waals surface area (Å²) in [5, 5.41) is 14.6. The van der Waals surface area contributed by atoms with E-state index in [4.69, 9.17) is 4.42 Å². The van der Waals surface area contributed by atoms with Crippen LogP contribution in [-0.2, 0) is 9.59 Å². The van der Waals surface area contributed by atoms with E-state index in [9.17, 15) is 19.7 Å². The normalized spacial score (nSPS) is 18.7. The zero-order valence-electron chi connectivity index (χ0n) is 20.6. The Morgan fingerprint density at radius 3 is 2.58 bits per heavy atom. The molecule has 1 unspecified atom stereocenters. The van der Waals surface area contributed by atoms with Gasteiger partial charge < -0.3 is 9.73 Å². The summed E-state index contributed by atoms with van der Waals surface area (Å²) in [7, 11) is 0. The number of anilines is 2. The Labute approximate surface area is 208 Å². The molecule has 8 heteroatoms. The zero-order valence-corrected chi connectivity index (χ0v) is 20.6. The molecule has 8 nitrogen and oxygen atoms in total. The van der Waals surface area contributed by atoms with Crippen LogP contribution in [0.25, 0.3) is 11.3 Å². The number of non-ortho nitro benzene ring substituents is 1. The number of nitrogens with one attached hydrogen (secondary N) is 1. The van der Waals surface area contributed by atoms with Gasteiger partial charge >= 0.3 is 0 Å². The lowest BCUT2D eigenvalue weighted by Gasteiger charge is -2.35. The van der Waals surface area contributed by atoms with E-state index in [0.717, 1.165) is 11.4 Å². The first kappa shape index (κ1) is 23.5. The Kier molecular flexibility index (Phi) is 5.54. The van der Waals surface area contributed by atoms with E-state index < -0.39 is 11.0 Å². The van der Waals surface area contributed by atoms with Crippen molar-refractivity contribution in [3.8, 4) is 11.3 Å². The summed E-state index contributed by atoms with van der Waals surface area (Å²) < 4.78 is 6.31. The highest BCUT2D eigenvalue weighted by Gasteiger charge is 2.43. The molecule has 2 heterocycles. The number of carbonyl (C=O) groups is 2. The lowest BCUT2D eigenvalue weighted by Crippen LogP contribution is -2.38. The lowest BCUT2D eigenvalue weighted by atomic mass is 9.74. The molecule has 1 aromatic heterocycles. The van der Waals surface area contributed by atoms with Crippen molar-refractivity contribution in [2.75, 3.05) is 10.2 Å². The minimum atomic E-state index is -0.746. The van der Waals surface area contributed by atoms with Crippen molar-refractivity contribution < 1.29 is 18.9 Å². The minimum absolute atomic E-state index is 0.00227. The molecule has 2 aliphatic rings. The summed E-state index contributed by atoms with van der Waals surface area (Å²) in [6.07, 6.45) is 1.01. The first-order chi connectivity index (χ1) is 17.1. The molecule has 0 radical (unpaired) electrons. The predicted molar refractivity (Wildman–Crippen MR) is 137 cm³/mol. The number of Topliss-reactive ketones (excluding diaryl/α,β-unsaturated/α-hetero) is 1. The number of hydrogen-bond acceptors (Lipinski definition) is 6. The van der Waals surface area contributed by atoms with Crippen LogP contribution in [0.15, 0.2) is 70.3 Å². The third-order valence-corrected chi connectivity index (χ3v) is 6.82. The van der Waals surface area contributed by atoms with Gasteiger partial charge in [-0.2, -0.15) is 0 Å². The Hall–Kier alpha value is -4.20. The summed E-state index contributed by atoms with van der Waals surface area (Å²) in [6.45, 7) is 7.39. The maximum absolute atomic E-state index is 13.6. The van der Waals surface area contributed by atoms with Gasteiger partial charge in [0.25, 0.3) is 5.69 Å². The monoisotopic (exact) mass is 485 g/mol. The maximum Gasteiger partial charge on any atom is 0.269 e. The van der Waals surface area contributed by atoms with Crippen molar-refractivity contribution in [3.63, 3.8) is 0 Å².